The maximum absolute atomic E-state index is 12.0. The van der Waals surface area contributed by atoms with E-state index < -0.39 is 5.92 Å². The normalized spacial score (nSPS) is 16.0. The highest BCUT2D eigenvalue weighted by atomic mass is 32.2. The van der Waals surface area contributed by atoms with Gasteiger partial charge in [0.05, 0.1) is 16.0 Å². The maximum atomic E-state index is 12.0. The second-order valence-electron chi connectivity index (χ2n) is 5.60. The fraction of sp³-hybridized carbons (Fsp3) is 0.111. The molecule has 1 unspecified atom stereocenters. The Bertz CT molecular complexity index is 982. The number of carbonyl (C=O) groups is 2. The molecule has 0 spiro atoms. The van der Waals surface area contributed by atoms with Crippen molar-refractivity contribution in [3.8, 4) is 0 Å². The maximum Gasteiger partial charge on any atom is 0.250 e. The summed E-state index contributed by atoms with van der Waals surface area (Å²) in [5.74, 6) is -0.654. The van der Waals surface area contributed by atoms with Gasteiger partial charge < -0.3 is 5.32 Å². The molecular weight excluding hydrogens is 368 g/mol. The molecule has 8 heteroatoms. The lowest BCUT2D eigenvalue weighted by molar-refractivity contribution is -0.118. The van der Waals surface area contributed by atoms with Gasteiger partial charge in [-0.2, -0.15) is 5.10 Å². The van der Waals surface area contributed by atoms with Gasteiger partial charge in [-0.05, 0) is 23.8 Å². The molecule has 1 aliphatic heterocycles. The number of fused-ring (bicyclic) bond motifs is 2. The van der Waals surface area contributed by atoms with Gasteiger partial charge in [-0.15, -0.1) is 11.3 Å². The number of rotatable bonds is 5. The molecule has 0 bridgehead atoms. The highest BCUT2D eigenvalue weighted by Gasteiger charge is 2.28. The highest BCUT2D eigenvalue weighted by molar-refractivity contribution is 8.01. The molecule has 0 saturated carbocycles. The summed E-state index contributed by atoms with van der Waals surface area (Å²) in [4.78, 5) is 28.4. The minimum atomic E-state index is -0.483. The SMILES string of the molecule is O=C(CSc1nc2ccccc2s1)N/N=C/C1C(=O)Nc2ccccc21. The largest absolute Gasteiger partial charge is 0.325 e. The van der Waals surface area contributed by atoms with E-state index in [1.807, 2.05) is 48.5 Å². The Kier molecular flexibility index (Phi) is 4.68. The van der Waals surface area contributed by atoms with Crippen molar-refractivity contribution >= 4 is 57.0 Å². The summed E-state index contributed by atoms with van der Waals surface area (Å²) >= 11 is 2.92. The lowest BCUT2D eigenvalue weighted by atomic mass is 10.0. The van der Waals surface area contributed by atoms with Gasteiger partial charge in [0.15, 0.2) is 4.34 Å². The molecule has 3 aromatic rings. The van der Waals surface area contributed by atoms with Crippen LogP contribution in [0.1, 0.15) is 11.5 Å². The molecule has 0 radical (unpaired) electrons. The molecule has 0 saturated heterocycles. The third kappa shape index (κ3) is 3.47. The predicted molar refractivity (Wildman–Crippen MR) is 105 cm³/mol. The second-order valence-corrected chi connectivity index (χ2v) is 7.86. The van der Waals surface area contributed by atoms with E-state index in [0.29, 0.717) is 0 Å². The Morgan fingerprint density at radius 3 is 2.96 bits per heavy atom. The summed E-state index contributed by atoms with van der Waals surface area (Å²) in [7, 11) is 0. The van der Waals surface area contributed by atoms with Crippen LogP contribution in [-0.2, 0) is 9.59 Å². The number of aromatic nitrogens is 1. The minimum absolute atomic E-state index is 0.145. The van der Waals surface area contributed by atoms with E-state index in [1.54, 1.807) is 11.3 Å². The summed E-state index contributed by atoms with van der Waals surface area (Å²) in [6.45, 7) is 0. The number of nitrogens with one attached hydrogen (secondary N) is 2. The van der Waals surface area contributed by atoms with Crippen LogP contribution in [-0.4, -0.2) is 28.8 Å². The van der Waals surface area contributed by atoms with Crippen LogP contribution in [0.3, 0.4) is 0 Å². The van der Waals surface area contributed by atoms with E-state index >= 15 is 0 Å². The van der Waals surface area contributed by atoms with Gasteiger partial charge in [-0.25, -0.2) is 10.4 Å². The van der Waals surface area contributed by atoms with E-state index in [1.165, 1.54) is 18.0 Å². The van der Waals surface area contributed by atoms with Crippen molar-refractivity contribution in [1.29, 1.82) is 0 Å². The molecule has 2 amide bonds. The number of para-hydroxylation sites is 2. The number of anilines is 1. The van der Waals surface area contributed by atoms with Gasteiger partial charge in [0.25, 0.3) is 0 Å². The van der Waals surface area contributed by atoms with Crippen molar-refractivity contribution in [1.82, 2.24) is 10.4 Å². The van der Waals surface area contributed by atoms with Crippen LogP contribution in [0.5, 0.6) is 0 Å². The van der Waals surface area contributed by atoms with Crippen molar-refractivity contribution in [2.24, 2.45) is 5.10 Å². The third-order valence-corrected chi connectivity index (χ3v) is 6.03. The minimum Gasteiger partial charge on any atom is -0.325 e. The summed E-state index contributed by atoms with van der Waals surface area (Å²) in [6.07, 6.45) is 1.46. The van der Waals surface area contributed by atoms with Gasteiger partial charge in [-0.3, -0.25) is 9.59 Å². The molecule has 26 heavy (non-hydrogen) atoms. The van der Waals surface area contributed by atoms with E-state index in [2.05, 4.69) is 20.8 Å². The molecule has 2 N–H and O–H groups in total. The summed E-state index contributed by atoms with van der Waals surface area (Å²) < 4.78 is 1.94. The van der Waals surface area contributed by atoms with E-state index in [4.69, 9.17) is 0 Å². The molecule has 2 heterocycles. The monoisotopic (exact) mass is 382 g/mol. The molecule has 0 fully saturated rings. The number of benzene rings is 2. The fourth-order valence-electron chi connectivity index (χ4n) is 2.64. The number of amides is 2. The zero-order valence-electron chi connectivity index (χ0n) is 13.5. The van der Waals surface area contributed by atoms with Crippen molar-refractivity contribution in [2.45, 2.75) is 10.3 Å². The fourth-order valence-corrected chi connectivity index (χ4v) is 4.50. The number of carbonyl (C=O) groups excluding carboxylic acids is 2. The number of thiazole rings is 1. The Morgan fingerprint density at radius 2 is 2.08 bits per heavy atom. The van der Waals surface area contributed by atoms with Crippen LogP contribution in [0.25, 0.3) is 10.2 Å². The second kappa shape index (κ2) is 7.27. The van der Waals surface area contributed by atoms with Crippen molar-refractivity contribution in [2.75, 3.05) is 11.1 Å². The average Bonchev–Trinajstić information content (AvgIpc) is 3.20. The smallest absolute Gasteiger partial charge is 0.250 e. The average molecular weight is 382 g/mol. The third-order valence-electron chi connectivity index (χ3n) is 3.85. The van der Waals surface area contributed by atoms with Crippen LogP contribution in [0.2, 0.25) is 0 Å². The van der Waals surface area contributed by atoms with Gasteiger partial charge in [-0.1, -0.05) is 42.1 Å². The highest BCUT2D eigenvalue weighted by Crippen LogP contribution is 2.31. The zero-order valence-corrected chi connectivity index (χ0v) is 15.1. The zero-order chi connectivity index (χ0) is 17.9. The van der Waals surface area contributed by atoms with Gasteiger partial charge >= 0.3 is 0 Å². The van der Waals surface area contributed by atoms with Crippen LogP contribution in [0.4, 0.5) is 5.69 Å². The van der Waals surface area contributed by atoms with Gasteiger partial charge in [0.2, 0.25) is 11.8 Å². The number of thioether (sulfide) groups is 1. The van der Waals surface area contributed by atoms with Crippen molar-refractivity contribution in [3.63, 3.8) is 0 Å². The first kappa shape index (κ1) is 16.7. The quantitative estimate of drug-likeness (QED) is 0.403. The summed E-state index contributed by atoms with van der Waals surface area (Å²) in [5, 5.41) is 6.73. The molecule has 6 nitrogen and oxygen atoms in total. The van der Waals surface area contributed by atoms with Crippen molar-refractivity contribution in [3.05, 3.63) is 54.1 Å². The number of nitrogens with zero attached hydrogens (tertiary/aromatic N) is 2. The van der Waals surface area contributed by atoms with E-state index in [9.17, 15) is 9.59 Å². The Labute approximate surface area is 157 Å². The molecular formula is C18H14N4O2S2. The molecule has 1 aliphatic rings. The molecule has 130 valence electrons. The summed E-state index contributed by atoms with van der Waals surface area (Å²) in [6, 6.07) is 15.3. The lowest BCUT2D eigenvalue weighted by Crippen LogP contribution is -2.21. The van der Waals surface area contributed by atoms with Crippen LogP contribution >= 0.6 is 23.1 Å². The summed E-state index contributed by atoms with van der Waals surface area (Å²) in [5.41, 5.74) is 5.05. The number of hydrogen-bond donors (Lipinski definition) is 2. The first-order chi connectivity index (χ1) is 12.7. The molecule has 4 rings (SSSR count). The molecule has 1 atom stereocenters. The molecule has 0 aliphatic carbocycles. The first-order valence-electron chi connectivity index (χ1n) is 7.91. The van der Waals surface area contributed by atoms with Gasteiger partial charge in [0.1, 0.15) is 5.92 Å². The van der Waals surface area contributed by atoms with Crippen LogP contribution in [0.15, 0.2) is 58.0 Å². The topological polar surface area (TPSA) is 83.5 Å². The lowest BCUT2D eigenvalue weighted by Gasteiger charge is -2.02. The first-order valence-corrected chi connectivity index (χ1v) is 9.71. The Balaban J connectivity index is 1.32. The van der Waals surface area contributed by atoms with E-state index in [-0.39, 0.29) is 17.6 Å². The number of hydrogen-bond acceptors (Lipinski definition) is 6. The van der Waals surface area contributed by atoms with Crippen LogP contribution < -0.4 is 10.7 Å². The molecule has 1 aromatic heterocycles. The van der Waals surface area contributed by atoms with Crippen LogP contribution in [0, 0.1) is 0 Å². The standard InChI is InChI=1S/C18H14N4O2S2/c23-16(10-25-18-21-14-7-3-4-8-15(14)26-18)22-19-9-12-11-5-1-2-6-13(11)20-17(12)24/h1-9,12H,10H2,(H,20,24)(H,22,23)/b19-9+. The molecule has 2 aromatic carbocycles. The number of hydrazone groups is 1. The van der Waals surface area contributed by atoms with Gasteiger partial charge in [0, 0.05) is 11.9 Å². The Hall–Kier alpha value is -2.71. The Morgan fingerprint density at radius 1 is 1.27 bits per heavy atom. The van der Waals surface area contributed by atoms with Crippen molar-refractivity contribution < 1.29 is 9.59 Å². The van der Waals surface area contributed by atoms with E-state index in [0.717, 1.165) is 25.8 Å². The predicted octanol–water partition coefficient (Wildman–Crippen LogP) is 3.23.